The third kappa shape index (κ3) is 1.89. The van der Waals surface area contributed by atoms with Crippen LogP contribution in [-0.2, 0) is 0 Å². The largest absolute Gasteiger partial charge is 0.397 e. The molecular weight excluding hydrogens is 243 g/mol. The Morgan fingerprint density at radius 2 is 2.11 bits per heavy atom. The average Bonchev–Trinajstić information content (AvgIpc) is 2.85. The van der Waals surface area contributed by atoms with E-state index < -0.39 is 0 Å². The second-order valence-electron chi connectivity index (χ2n) is 4.34. The van der Waals surface area contributed by atoms with Gasteiger partial charge in [-0.15, -0.1) is 0 Å². The number of fused-ring (bicyclic) bond motifs is 1. The number of nitrogens with two attached hydrogens (primary N) is 1. The number of H-pyrrole nitrogens is 1. The third-order valence-electron chi connectivity index (χ3n) is 3.14. The van der Waals surface area contributed by atoms with Gasteiger partial charge in [-0.25, -0.2) is 9.37 Å². The summed E-state index contributed by atoms with van der Waals surface area (Å²) in [6.45, 7) is 0. The molecule has 0 aliphatic rings. The molecule has 0 saturated carbocycles. The number of anilines is 3. The number of aromatic nitrogens is 2. The number of halogens is 1. The van der Waals surface area contributed by atoms with E-state index in [1.165, 1.54) is 6.07 Å². The van der Waals surface area contributed by atoms with Gasteiger partial charge in [-0.3, -0.25) is 0 Å². The standard InChI is InChI=1S/C14H13FN4/c1-19(14-10(15)3-2-4-11(14)16)9-5-6-12-13(7-9)18-8-17-12/h2-8H,16H2,1H3,(H,17,18). The molecule has 3 aromatic rings. The Kier molecular flexibility index (Phi) is 2.59. The zero-order valence-corrected chi connectivity index (χ0v) is 10.4. The van der Waals surface area contributed by atoms with Gasteiger partial charge < -0.3 is 15.6 Å². The Morgan fingerprint density at radius 1 is 1.26 bits per heavy atom. The van der Waals surface area contributed by atoms with Crippen molar-refractivity contribution < 1.29 is 4.39 Å². The van der Waals surface area contributed by atoms with Gasteiger partial charge in [0, 0.05) is 12.7 Å². The van der Waals surface area contributed by atoms with Crippen LogP contribution in [0.1, 0.15) is 0 Å². The molecule has 0 amide bonds. The van der Waals surface area contributed by atoms with Crippen molar-refractivity contribution in [2.45, 2.75) is 0 Å². The number of rotatable bonds is 2. The van der Waals surface area contributed by atoms with Crippen molar-refractivity contribution in [1.82, 2.24) is 9.97 Å². The highest BCUT2D eigenvalue weighted by Gasteiger charge is 2.13. The fourth-order valence-electron chi connectivity index (χ4n) is 2.15. The molecule has 0 saturated heterocycles. The summed E-state index contributed by atoms with van der Waals surface area (Å²) in [4.78, 5) is 8.91. The molecule has 0 atom stereocenters. The predicted molar refractivity (Wildman–Crippen MR) is 75.0 cm³/mol. The zero-order valence-electron chi connectivity index (χ0n) is 10.4. The highest BCUT2D eigenvalue weighted by molar-refractivity contribution is 5.83. The van der Waals surface area contributed by atoms with Crippen LogP contribution >= 0.6 is 0 Å². The van der Waals surface area contributed by atoms with E-state index in [9.17, 15) is 4.39 Å². The Morgan fingerprint density at radius 3 is 2.89 bits per heavy atom. The van der Waals surface area contributed by atoms with E-state index in [1.807, 2.05) is 18.2 Å². The normalized spacial score (nSPS) is 10.8. The number of aromatic amines is 1. The topological polar surface area (TPSA) is 57.9 Å². The number of imidazole rings is 1. The van der Waals surface area contributed by atoms with Gasteiger partial charge >= 0.3 is 0 Å². The van der Waals surface area contributed by atoms with E-state index >= 15 is 0 Å². The fourth-order valence-corrected chi connectivity index (χ4v) is 2.15. The molecular formula is C14H13FN4. The highest BCUT2D eigenvalue weighted by atomic mass is 19.1. The maximum atomic E-state index is 13.9. The molecule has 0 unspecified atom stereocenters. The maximum absolute atomic E-state index is 13.9. The van der Waals surface area contributed by atoms with E-state index in [4.69, 9.17) is 5.73 Å². The van der Waals surface area contributed by atoms with E-state index in [0.29, 0.717) is 11.4 Å². The lowest BCUT2D eigenvalue weighted by Gasteiger charge is -2.21. The predicted octanol–water partition coefficient (Wildman–Crippen LogP) is 3.05. The summed E-state index contributed by atoms with van der Waals surface area (Å²) in [6.07, 6.45) is 1.63. The third-order valence-corrected chi connectivity index (χ3v) is 3.14. The van der Waals surface area contributed by atoms with Crippen LogP contribution in [0.5, 0.6) is 0 Å². The van der Waals surface area contributed by atoms with Crippen molar-refractivity contribution in [3.63, 3.8) is 0 Å². The first kappa shape index (κ1) is 11.5. The Bertz CT molecular complexity index is 715. The Hall–Kier alpha value is -2.56. The van der Waals surface area contributed by atoms with Gasteiger partial charge in [0.15, 0.2) is 0 Å². The molecule has 4 nitrogen and oxygen atoms in total. The average molecular weight is 256 g/mol. The van der Waals surface area contributed by atoms with E-state index in [-0.39, 0.29) is 5.82 Å². The number of nitrogens with zero attached hydrogens (tertiary/aromatic N) is 2. The van der Waals surface area contributed by atoms with Crippen LogP contribution in [-0.4, -0.2) is 17.0 Å². The molecule has 0 spiro atoms. The molecule has 1 aromatic heterocycles. The number of benzene rings is 2. The van der Waals surface area contributed by atoms with Gasteiger partial charge in [-0.05, 0) is 30.3 Å². The van der Waals surface area contributed by atoms with Crippen LogP contribution in [0.2, 0.25) is 0 Å². The van der Waals surface area contributed by atoms with Gasteiger partial charge in [-0.2, -0.15) is 0 Å². The number of para-hydroxylation sites is 1. The molecule has 3 N–H and O–H groups in total. The SMILES string of the molecule is CN(c1ccc2nc[nH]c2c1)c1c(N)cccc1F. The molecule has 5 heteroatoms. The van der Waals surface area contributed by atoms with Gasteiger partial charge in [0.05, 0.1) is 23.0 Å². The summed E-state index contributed by atoms with van der Waals surface area (Å²) in [6, 6.07) is 10.4. The minimum absolute atomic E-state index is 0.341. The first-order valence-electron chi connectivity index (χ1n) is 5.87. The molecule has 0 fully saturated rings. The van der Waals surface area contributed by atoms with Crippen molar-refractivity contribution in [3.8, 4) is 0 Å². The minimum Gasteiger partial charge on any atom is -0.397 e. The Labute approximate surface area is 109 Å². The maximum Gasteiger partial charge on any atom is 0.148 e. The number of hydrogen-bond donors (Lipinski definition) is 2. The van der Waals surface area contributed by atoms with Crippen LogP contribution < -0.4 is 10.6 Å². The molecule has 3 rings (SSSR count). The van der Waals surface area contributed by atoms with Gasteiger partial charge in [0.25, 0.3) is 0 Å². The number of nitrogens with one attached hydrogen (secondary N) is 1. The van der Waals surface area contributed by atoms with Crippen molar-refractivity contribution in [3.05, 3.63) is 48.5 Å². The quantitative estimate of drug-likeness (QED) is 0.693. The first-order chi connectivity index (χ1) is 9.16. The minimum atomic E-state index is -0.341. The lowest BCUT2D eigenvalue weighted by atomic mass is 10.2. The molecule has 0 aliphatic heterocycles. The van der Waals surface area contributed by atoms with Gasteiger partial charge in [0.2, 0.25) is 0 Å². The summed E-state index contributed by atoms with van der Waals surface area (Å²) in [7, 11) is 1.78. The summed E-state index contributed by atoms with van der Waals surface area (Å²) < 4.78 is 13.9. The van der Waals surface area contributed by atoms with Crippen molar-refractivity contribution in [2.24, 2.45) is 0 Å². The van der Waals surface area contributed by atoms with Crippen LogP contribution in [0.15, 0.2) is 42.7 Å². The Balaban J connectivity index is 2.10. The smallest absolute Gasteiger partial charge is 0.148 e. The zero-order chi connectivity index (χ0) is 13.4. The number of hydrogen-bond acceptors (Lipinski definition) is 3. The molecule has 0 radical (unpaired) electrons. The molecule has 0 aliphatic carbocycles. The van der Waals surface area contributed by atoms with Crippen LogP contribution in [0.4, 0.5) is 21.5 Å². The highest BCUT2D eigenvalue weighted by Crippen LogP contribution is 2.32. The van der Waals surface area contributed by atoms with Crippen molar-refractivity contribution in [1.29, 1.82) is 0 Å². The molecule has 2 aromatic carbocycles. The molecule has 96 valence electrons. The second-order valence-corrected chi connectivity index (χ2v) is 4.34. The van der Waals surface area contributed by atoms with E-state index in [2.05, 4.69) is 9.97 Å². The van der Waals surface area contributed by atoms with Gasteiger partial charge in [-0.1, -0.05) is 6.07 Å². The lowest BCUT2D eigenvalue weighted by molar-refractivity contribution is 0.628. The van der Waals surface area contributed by atoms with E-state index in [1.54, 1.807) is 30.4 Å². The first-order valence-corrected chi connectivity index (χ1v) is 5.87. The van der Waals surface area contributed by atoms with Crippen LogP contribution in [0.25, 0.3) is 11.0 Å². The molecule has 19 heavy (non-hydrogen) atoms. The van der Waals surface area contributed by atoms with Crippen LogP contribution in [0, 0.1) is 5.82 Å². The van der Waals surface area contributed by atoms with Crippen molar-refractivity contribution >= 4 is 28.1 Å². The number of nitrogen functional groups attached to an aromatic ring is 1. The monoisotopic (exact) mass is 256 g/mol. The second kappa shape index (κ2) is 4.28. The summed E-state index contributed by atoms with van der Waals surface area (Å²) in [5.41, 5.74) is 9.25. The summed E-state index contributed by atoms with van der Waals surface area (Å²) in [5, 5.41) is 0. The summed E-state index contributed by atoms with van der Waals surface area (Å²) >= 11 is 0. The molecule has 0 bridgehead atoms. The molecule has 1 heterocycles. The van der Waals surface area contributed by atoms with Crippen LogP contribution in [0.3, 0.4) is 0 Å². The fraction of sp³-hybridized carbons (Fsp3) is 0.0714. The summed E-state index contributed by atoms with van der Waals surface area (Å²) in [5.74, 6) is -0.341. The van der Waals surface area contributed by atoms with Crippen molar-refractivity contribution in [2.75, 3.05) is 17.7 Å². The van der Waals surface area contributed by atoms with Gasteiger partial charge in [0.1, 0.15) is 11.5 Å². The van der Waals surface area contributed by atoms with E-state index in [0.717, 1.165) is 16.7 Å². The lowest BCUT2D eigenvalue weighted by Crippen LogP contribution is -2.13.